The Balaban J connectivity index is 2.33. The molecule has 0 spiro atoms. The van der Waals surface area contributed by atoms with Crippen LogP contribution in [0.1, 0.15) is 35.2 Å². The molecule has 1 unspecified atom stereocenters. The van der Waals surface area contributed by atoms with Crippen LogP contribution < -0.4 is 0 Å². The van der Waals surface area contributed by atoms with Gasteiger partial charge in [-0.05, 0) is 53.4 Å². The molecule has 1 atom stereocenters. The highest BCUT2D eigenvalue weighted by Crippen LogP contribution is 2.33. The van der Waals surface area contributed by atoms with Crippen LogP contribution >= 0.6 is 31.9 Å². The number of alkyl halides is 4. The lowest BCUT2D eigenvalue weighted by Gasteiger charge is -2.35. The summed E-state index contributed by atoms with van der Waals surface area (Å²) < 4.78 is 38.8. The molecule has 1 fully saturated rings. The highest BCUT2D eigenvalue weighted by atomic mass is 79.9. The molecular weight excluding hydrogens is 415 g/mol. The summed E-state index contributed by atoms with van der Waals surface area (Å²) in [6.07, 6.45) is -1.67. The van der Waals surface area contributed by atoms with Gasteiger partial charge in [0.2, 0.25) is 0 Å². The van der Waals surface area contributed by atoms with Crippen LogP contribution in [0.15, 0.2) is 22.7 Å². The average Bonchev–Trinajstić information content (AvgIpc) is 2.45. The Labute approximate surface area is 137 Å². The second-order valence-corrected chi connectivity index (χ2v) is 6.50. The van der Waals surface area contributed by atoms with Crippen LogP contribution in [0.5, 0.6) is 0 Å². The minimum Gasteiger partial charge on any atom is -0.335 e. The number of carbonyl (C=O) groups is 1. The van der Waals surface area contributed by atoms with Gasteiger partial charge >= 0.3 is 6.18 Å². The number of hydrogen-bond acceptors (Lipinski definition) is 1. The topological polar surface area (TPSA) is 20.3 Å². The number of halogens is 5. The van der Waals surface area contributed by atoms with Crippen LogP contribution in [0, 0.1) is 0 Å². The molecule has 2 rings (SSSR count). The Kier molecular flexibility index (Phi) is 5.35. The van der Waals surface area contributed by atoms with E-state index in [1.807, 2.05) is 0 Å². The van der Waals surface area contributed by atoms with Crippen molar-refractivity contribution < 1.29 is 18.0 Å². The molecule has 0 aromatic heterocycles. The van der Waals surface area contributed by atoms with Crippen molar-refractivity contribution >= 4 is 37.8 Å². The van der Waals surface area contributed by atoms with Crippen molar-refractivity contribution in [3.05, 3.63) is 33.8 Å². The Bertz CT molecular complexity index is 533. The number of likely N-dealkylation sites (tertiary alicyclic amines) is 1. The first-order valence-electron chi connectivity index (χ1n) is 6.58. The van der Waals surface area contributed by atoms with Crippen molar-refractivity contribution in [2.45, 2.75) is 31.5 Å². The van der Waals surface area contributed by atoms with Gasteiger partial charge in [-0.2, -0.15) is 13.2 Å². The number of piperidine rings is 1. The van der Waals surface area contributed by atoms with Gasteiger partial charge in [0.25, 0.3) is 5.91 Å². The Morgan fingerprint density at radius 3 is 2.67 bits per heavy atom. The second-order valence-electron chi connectivity index (χ2n) is 4.99. The summed E-state index contributed by atoms with van der Waals surface area (Å²) in [5, 5.41) is 0.634. The van der Waals surface area contributed by atoms with E-state index in [4.69, 9.17) is 0 Å². The zero-order valence-electron chi connectivity index (χ0n) is 11.1. The minimum absolute atomic E-state index is 0.0349. The molecule has 2 nitrogen and oxygen atoms in total. The van der Waals surface area contributed by atoms with Gasteiger partial charge in [-0.3, -0.25) is 4.79 Å². The van der Waals surface area contributed by atoms with Gasteiger partial charge < -0.3 is 4.90 Å². The molecule has 21 heavy (non-hydrogen) atoms. The van der Waals surface area contributed by atoms with Crippen molar-refractivity contribution in [2.75, 3.05) is 11.9 Å². The molecule has 0 N–H and O–H groups in total. The number of amides is 1. The number of carbonyl (C=O) groups excluding carboxylic acids is 1. The van der Waals surface area contributed by atoms with Gasteiger partial charge in [0.05, 0.1) is 11.1 Å². The molecule has 1 aliphatic heterocycles. The maximum atomic E-state index is 12.8. The van der Waals surface area contributed by atoms with E-state index >= 15 is 0 Å². The summed E-state index contributed by atoms with van der Waals surface area (Å²) in [6.45, 7) is 0.581. The van der Waals surface area contributed by atoms with E-state index in [9.17, 15) is 18.0 Å². The van der Waals surface area contributed by atoms with Crippen molar-refractivity contribution in [3.63, 3.8) is 0 Å². The van der Waals surface area contributed by atoms with Crippen LogP contribution in [-0.2, 0) is 6.18 Å². The zero-order chi connectivity index (χ0) is 15.6. The first kappa shape index (κ1) is 16.8. The Morgan fingerprint density at radius 2 is 2.05 bits per heavy atom. The van der Waals surface area contributed by atoms with Gasteiger partial charge in [0, 0.05) is 22.4 Å². The first-order chi connectivity index (χ1) is 9.84. The number of nitrogens with zero attached hydrogens (tertiary/aromatic N) is 1. The third-order valence-electron chi connectivity index (χ3n) is 3.59. The fourth-order valence-corrected chi connectivity index (χ4v) is 3.54. The van der Waals surface area contributed by atoms with Crippen LogP contribution in [0.25, 0.3) is 0 Å². The lowest BCUT2D eigenvalue weighted by molar-refractivity contribution is -0.137. The summed E-state index contributed by atoms with van der Waals surface area (Å²) in [4.78, 5) is 14.2. The van der Waals surface area contributed by atoms with E-state index in [0.29, 0.717) is 16.3 Å². The molecule has 7 heteroatoms. The number of rotatable bonds is 2. The van der Waals surface area contributed by atoms with Crippen LogP contribution in [0.3, 0.4) is 0 Å². The Hall–Kier alpha value is -0.560. The molecule has 1 heterocycles. The normalized spacial score (nSPS) is 19.7. The minimum atomic E-state index is -4.45. The lowest BCUT2D eigenvalue weighted by atomic mass is 10.0. The highest BCUT2D eigenvalue weighted by molar-refractivity contribution is 9.10. The predicted octanol–water partition coefficient (Wildman–Crippen LogP) is 4.86. The average molecular weight is 429 g/mol. The van der Waals surface area contributed by atoms with Gasteiger partial charge in [-0.1, -0.05) is 15.9 Å². The molecule has 1 aromatic carbocycles. The van der Waals surface area contributed by atoms with Gasteiger partial charge in [0.15, 0.2) is 0 Å². The molecular formula is C14H14Br2F3NO. The molecule has 1 amide bonds. The van der Waals surface area contributed by atoms with E-state index in [-0.39, 0.29) is 17.5 Å². The van der Waals surface area contributed by atoms with Crippen molar-refractivity contribution in [1.29, 1.82) is 0 Å². The van der Waals surface area contributed by atoms with Gasteiger partial charge in [-0.25, -0.2) is 0 Å². The van der Waals surface area contributed by atoms with Crippen LogP contribution in [0.4, 0.5) is 13.2 Å². The fraction of sp³-hybridized carbons (Fsp3) is 0.500. The van der Waals surface area contributed by atoms with Crippen LogP contribution in [0.2, 0.25) is 0 Å². The second kappa shape index (κ2) is 6.69. The summed E-state index contributed by atoms with van der Waals surface area (Å²) in [7, 11) is 0. The first-order valence-corrected chi connectivity index (χ1v) is 8.49. The van der Waals surface area contributed by atoms with Crippen molar-refractivity contribution in [1.82, 2.24) is 4.90 Å². The summed E-state index contributed by atoms with van der Waals surface area (Å²) in [5.41, 5.74) is -0.737. The molecule has 0 bridgehead atoms. The quantitative estimate of drug-likeness (QED) is 0.616. The lowest BCUT2D eigenvalue weighted by Crippen LogP contribution is -2.44. The standard InChI is InChI=1S/C14H14Br2F3NO/c15-8-10-3-1-2-6-20(10)13(21)11-7-9(14(17,18)19)4-5-12(11)16/h4-5,7,10H,1-3,6,8H2. The smallest absolute Gasteiger partial charge is 0.335 e. The summed E-state index contributed by atoms with van der Waals surface area (Å²) in [6, 6.07) is 3.21. The highest BCUT2D eigenvalue weighted by Gasteiger charge is 2.33. The maximum Gasteiger partial charge on any atom is 0.416 e. The van der Waals surface area contributed by atoms with Gasteiger partial charge in [0.1, 0.15) is 0 Å². The third-order valence-corrected chi connectivity index (χ3v) is 5.03. The molecule has 116 valence electrons. The summed E-state index contributed by atoms with van der Waals surface area (Å²) in [5.74, 6) is -0.350. The monoisotopic (exact) mass is 427 g/mol. The van der Waals surface area contributed by atoms with E-state index in [1.165, 1.54) is 6.07 Å². The predicted molar refractivity (Wildman–Crippen MR) is 81.6 cm³/mol. The molecule has 0 radical (unpaired) electrons. The van der Waals surface area contributed by atoms with Gasteiger partial charge in [-0.15, -0.1) is 0 Å². The number of benzene rings is 1. The van der Waals surface area contributed by atoms with Crippen molar-refractivity contribution in [3.8, 4) is 0 Å². The van der Waals surface area contributed by atoms with E-state index in [2.05, 4.69) is 31.9 Å². The molecule has 0 aliphatic carbocycles. The fourth-order valence-electron chi connectivity index (χ4n) is 2.45. The van der Waals surface area contributed by atoms with E-state index < -0.39 is 11.7 Å². The zero-order valence-corrected chi connectivity index (χ0v) is 14.3. The summed E-state index contributed by atoms with van der Waals surface area (Å²) >= 11 is 6.55. The SMILES string of the molecule is O=C(c1cc(C(F)(F)F)ccc1Br)N1CCCCC1CBr. The third kappa shape index (κ3) is 3.80. The molecule has 0 saturated carbocycles. The molecule has 1 aliphatic rings. The largest absolute Gasteiger partial charge is 0.416 e. The van der Waals surface area contributed by atoms with Crippen molar-refractivity contribution in [2.24, 2.45) is 0 Å². The van der Waals surface area contributed by atoms with Crippen LogP contribution in [-0.4, -0.2) is 28.7 Å². The molecule has 1 saturated heterocycles. The number of hydrogen-bond donors (Lipinski definition) is 0. The van der Waals surface area contributed by atoms with E-state index in [0.717, 1.165) is 31.4 Å². The Morgan fingerprint density at radius 1 is 1.33 bits per heavy atom. The van der Waals surface area contributed by atoms with E-state index in [1.54, 1.807) is 4.90 Å². The molecule has 1 aromatic rings. The maximum absolute atomic E-state index is 12.8.